The number of rotatable bonds is 7. The van der Waals surface area contributed by atoms with Crippen LogP contribution in [-0.2, 0) is 4.79 Å². The first-order chi connectivity index (χ1) is 9.91. The van der Waals surface area contributed by atoms with E-state index in [0.717, 1.165) is 5.56 Å². The summed E-state index contributed by atoms with van der Waals surface area (Å²) in [5, 5.41) is 2.97. The molecule has 21 heavy (non-hydrogen) atoms. The Morgan fingerprint density at radius 2 is 1.81 bits per heavy atom. The van der Waals surface area contributed by atoms with Gasteiger partial charge in [-0.2, -0.15) is 0 Å². The summed E-state index contributed by atoms with van der Waals surface area (Å²) < 4.78 is 10.5. The Hall–Kier alpha value is -1.75. The summed E-state index contributed by atoms with van der Waals surface area (Å²) in [6, 6.07) is 5.44. The highest BCUT2D eigenvalue weighted by Gasteiger charge is 2.30. The van der Waals surface area contributed by atoms with Gasteiger partial charge in [-0.25, -0.2) is 0 Å². The standard InChI is InChI=1S/C16H26N2O3/c1-6-16(17,7-2)15(19)18-11(3)12-8-9-13(20-4)14(10-12)21-5/h8-11H,6-7,17H2,1-5H3,(H,18,19). The van der Waals surface area contributed by atoms with Gasteiger partial charge in [-0.05, 0) is 37.5 Å². The van der Waals surface area contributed by atoms with Crippen LogP contribution in [0.4, 0.5) is 0 Å². The number of carbonyl (C=O) groups is 1. The molecule has 1 aromatic rings. The molecular weight excluding hydrogens is 268 g/mol. The van der Waals surface area contributed by atoms with Crippen LogP contribution in [0.25, 0.3) is 0 Å². The number of benzene rings is 1. The Morgan fingerprint density at radius 1 is 1.24 bits per heavy atom. The van der Waals surface area contributed by atoms with Crippen LogP contribution in [0.2, 0.25) is 0 Å². The highest BCUT2D eigenvalue weighted by molar-refractivity contribution is 5.86. The molecule has 1 atom stereocenters. The normalized spacial score (nSPS) is 12.7. The monoisotopic (exact) mass is 294 g/mol. The minimum absolute atomic E-state index is 0.130. The minimum Gasteiger partial charge on any atom is -0.493 e. The summed E-state index contributed by atoms with van der Waals surface area (Å²) in [6.45, 7) is 5.76. The third kappa shape index (κ3) is 3.88. The maximum Gasteiger partial charge on any atom is 0.240 e. The van der Waals surface area contributed by atoms with E-state index in [0.29, 0.717) is 24.3 Å². The smallest absolute Gasteiger partial charge is 0.240 e. The molecule has 1 aromatic carbocycles. The molecule has 1 amide bonds. The topological polar surface area (TPSA) is 73.6 Å². The Bertz CT molecular complexity index is 484. The van der Waals surface area contributed by atoms with E-state index in [1.165, 1.54) is 0 Å². The molecule has 0 aliphatic heterocycles. The van der Waals surface area contributed by atoms with E-state index >= 15 is 0 Å². The number of ether oxygens (including phenoxy) is 2. The number of hydrogen-bond acceptors (Lipinski definition) is 4. The van der Waals surface area contributed by atoms with Crippen molar-refractivity contribution in [3.8, 4) is 11.5 Å². The van der Waals surface area contributed by atoms with Crippen LogP contribution in [0.1, 0.15) is 45.2 Å². The zero-order chi connectivity index (χ0) is 16.0. The van der Waals surface area contributed by atoms with Gasteiger partial charge in [-0.1, -0.05) is 19.9 Å². The first kappa shape index (κ1) is 17.3. The largest absolute Gasteiger partial charge is 0.493 e. The molecule has 0 fully saturated rings. The van der Waals surface area contributed by atoms with Crippen molar-refractivity contribution in [2.24, 2.45) is 5.73 Å². The molecule has 0 aliphatic carbocycles. The molecule has 0 saturated heterocycles. The van der Waals surface area contributed by atoms with Crippen molar-refractivity contribution in [2.45, 2.75) is 45.2 Å². The number of amides is 1. The van der Waals surface area contributed by atoms with Crippen molar-refractivity contribution in [3.05, 3.63) is 23.8 Å². The predicted molar refractivity (Wildman–Crippen MR) is 83.6 cm³/mol. The second kappa shape index (κ2) is 7.31. The van der Waals surface area contributed by atoms with Crippen molar-refractivity contribution < 1.29 is 14.3 Å². The summed E-state index contributed by atoms with van der Waals surface area (Å²) >= 11 is 0. The molecule has 5 nitrogen and oxygen atoms in total. The molecule has 1 rings (SSSR count). The lowest BCUT2D eigenvalue weighted by Gasteiger charge is -2.27. The van der Waals surface area contributed by atoms with Gasteiger partial charge in [-0.15, -0.1) is 0 Å². The zero-order valence-corrected chi connectivity index (χ0v) is 13.5. The summed E-state index contributed by atoms with van der Waals surface area (Å²) in [7, 11) is 3.18. The number of hydrogen-bond donors (Lipinski definition) is 2. The van der Waals surface area contributed by atoms with Gasteiger partial charge in [0.1, 0.15) is 0 Å². The molecule has 1 unspecified atom stereocenters. The fourth-order valence-corrected chi connectivity index (χ4v) is 2.12. The highest BCUT2D eigenvalue weighted by Crippen LogP contribution is 2.30. The fourth-order valence-electron chi connectivity index (χ4n) is 2.12. The molecule has 0 radical (unpaired) electrons. The summed E-state index contributed by atoms with van der Waals surface area (Å²) in [4.78, 5) is 12.3. The van der Waals surface area contributed by atoms with Gasteiger partial charge in [0.05, 0.1) is 25.8 Å². The summed E-state index contributed by atoms with van der Waals surface area (Å²) in [5.74, 6) is 1.17. The Balaban J connectivity index is 2.89. The highest BCUT2D eigenvalue weighted by atomic mass is 16.5. The van der Waals surface area contributed by atoms with Gasteiger partial charge in [0.2, 0.25) is 5.91 Å². The van der Waals surface area contributed by atoms with Crippen LogP contribution in [0.15, 0.2) is 18.2 Å². The van der Waals surface area contributed by atoms with E-state index in [9.17, 15) is 4.79 Å². The number of methoxy groups -OCH3 is 2. The average Bonchev–Trinajstić information content (AvgIpc) is 2.52. The van der Waals surface area contributed by atoms with Gasteiger partial charge in [0.25, 0.3) is 0 Å². The molecule has 118 valence electrons. The van der Waals surface area contributed by atoms with Crippen LogP contribution in [0.3, 0.4) is 0 Å². The van der Waals surface area contributed by atoms with Crippen LogP contribution in [0.5, 0.6) is 11.5 Å². The summed E-state index contributed by atoms with van der Waals surface area (Å²) in [6.07, 6.45) is 1.21. The van der Waals surface area contributed by atoms with E-state index in [-0.39, 0.29) is 11.9 Å². The van der Waals surface area contributed by atoms with Gasteiger partial charge >= 0.3 is 0 Å². The lowest BCUT2D eigenvalue weighted by molar-refractivity contribution is -0.127. The van der Waals surface area contributed by atoms with E-state index in [4.69, 9.17) is 15.2 Å². The van der Waals surface area contributed by atoms with Crippen molar-refractivity contribution in [3.63, 3.8) is 0 Å². The molecule has 0 bridgehead atoms. The number of carbonyl (C=O) groups excluding carboxylic acids is 1. The SMILES string of the molecule is CCC(N)(CC)C(=O)NC(C)c1ccc(OC)c(OC)c1. The third-order valence-corrected chi connectivity index (χ3v) is 3.97. The van der Waals surface area contributed by atoms with Gasteiger partial charge in [0, 0.05) is 0 Å². The molecule has 0 heterocycles. The van der Waals surface area contributed by atoms with E-state index < -0.39 is 5.54 Å². The van der Waals surface area contributed by atoms with Gasteiger partial charge < -0.3 is 20.5 Å². The van der Waals surface area contributed by atoms with Gasteiger partial charge in [0.15, 0.2) is 11.5 Å². The number of nitrogens with one attached hydrogen (secondary N) is 1. The van der Waals surface area contributed by atoms with E-state index in [2.05, 4.69) is 5.32 Å². The van der Waals surface area contributed by atoms with Crippen molar-refractivity contribution >= 4 is 5.91 Å². The second-order valence-electron chi connectivity index (χ2n) is 5.17. The van der Waals surface area contributed by atoms with Crippen LogP contribution >= 0.6 is 0 Å². The first-order valence-corrected chi connectivity index (χ1v) is 7.23. The quantitative estimate of drug-likeness (QED) is 0.810. The van der Waals surface area contributed by atoms with Crippen molar-refractivity contribution in [1.82, 2.24) is 5.32 Å². The maximum absolute atomic E-state index is 12.3. The average molecular weight is 294 g/mol. The lowest BCUT2D eigenvalue weighted by Crippen LogP contribution is -2.53. The van der Waals surface area contributed by atoms with Crippen LogP contribution in [0, 0.1) is 0 Å². The van der Waals surface area contributed by atoms with Crippen LogP contribution in [-0.4, -0.2) is 25.7 Å². The molecule has 0 spiro atoms. The molecule has 0 aromatic heterocycles. The number of nitrogens with two attached hydrogens (primary N) is 1. The summed E-state index contributed by atoms with van der Waals surface area (Å²) in [5.41, 5.74) is 6.24. The van der Waals surface area contributed by atoms with Crippen molar-refractivity contribution in [2.75, 3.05) is 14.2 Å². The molecule has 0 aliphatic rings. The maximum atomic E-state index is 12.3. The lowest BCUT2D eigenvalue weighted by atomic mass is 9.92. The second-order valence-corrected chi connectivity index (χ2v) is 5.17. The molecule has 0 saturated carbocycles. The first-order valence-electron chi connectivity index (χ1n) is 7.23. The molecular formula is C16H26N2O3. The van der Waals surface area contributed by atoms with E-state index in [1.807, 2.05) is 39.0 Å². The minimum atomic E-state index is -0.815. The molecule has 5 heteroatoms. The third-order valence-electron chi connectivity index (χ3n) is 3.97. The predicted octanol–water partition coefficient (Wildman–Crippen LogP) is 2.40. The molecule has 3 N–H and O–H groups in total. The fraction of sp³-hybridized carbons (Fsp3) is 0.562. The van der Waals surface area contributed by atoms with Gasteiger partial charge in [-0.3, -0.25) is 4.79 Å². The Kier molecular flexibility index (Phi) is 6.03. The van der Waals surface area contributed by atoms with Crippen LogP contribution < -0.4 is 20.5 Å². The van der Waals surface area contributed by atoms with E-state index in [1.54, 1.807) is 14.2 Å². The Morgan fingerprint density at radius 3 is 2.29 bits per heavy atom. The zero-order valence-electron chi connectivity index (χ0n) is 13.5. The Labute approximate surface area is 126 Å². The van der Waals surface area contributed by atoms with Crippen molar-refractivity contribution in [1.29, 1.82) is 0 Å².